The molecule has 1 atom stereocenters. The van der Waals surface area contributed by atoms with Crippen LogP contribution in [0.3, 0.4) is 0 Å². The van der Waals surface area contributed by atoms with Gasteiger partial charge in [0.2, 0.25) is 5.91 Å². The Morgan fingerprint density at radius 2 is 1.92 bits per heavy atom. The van der Waals surface area contributed by atoms with Crippen molar-refractivity contribution in [2.45, 2.75) is 38.1 Å². The summed E-state index contributed by atoms with van der Waals surface area (Å²) in [5.74, 6) is 2.05. The van der Waals surface area contributed by atoms with E-state index in [2.05, 4.69) is 43.3 Å². The molecule has 2 aliphatic heterocycles. The van der Waals surface area contributed by atoms with Gasteiger partial charge < -0.3 is 19.1 Å². The number of halogens is 1. The number of benzene rings is 3. The molecular weight excluding hydrogens is 486 g/mol. The second kappa shape index (κ2) is 10.0. The van der Waals surface area contributed by atoms with Crippen molar-refractivity contribution in [3.63, 3.8) is 0 Å². The number of hydrogen-bond donors (Lipinski definition) is 0. The predicted octanol–water partition coefficient (Wildman–Crippen LogP) is 6.18. The van der Waals surface area contributed by atoms with Crippen LogP contribution < -0.4 is 9.47 Å². The number of amides is 1. The van der Waals surface area contributed by atoms with Crippen LogP contribution in [0.15, 0.2) is 60.7 Å². The summed E-state index contributed by atoms with van der Waals surface area (Å²) >= 11 is 6.12. The van der Waals surface area contributed by atoms with Gasteiger partial charge in [-0.05, 0) is 72.7 Å². The smallest absolute Gasteiger partial charge is 0.233 e. The first-order valence-electron chi connectivity index (χ1n) is 13.2. The molecule has 0 radical (unpaired) electrons. The number of hydrogen-bond acceptors (Lipinski definition) is 4. The molecule has 1 saturated heterocycles. The molecule has 2 heterocycles. The fourth-order valence-corrected chi connectivity index (χ4v) is 5.69. The number of ether oxygens (including phenoxy) is 3. The van der Waals surface area contributed by atoms with Crippen molar-refractivity contribution >= 4 is 17.5 Å². The Balaban J connectivity index is 1.33. The van der Waals surface area contributed by atoms with E-state index < -0.39 is 5.41 Å². The lowest BCUT2D eigenvalue weighted by Crippen LogP contribution is -2.40. The average Bonchev–Trinajstić information content (AvgIpc) is 3.61. The Bertz CT molecular complexity index is 1300. The third-order valence-corrected chi connectivity index (χ3v) is 8.15. The second-order valence-electron chi connectivity index (χ2n) is 10.5. The SMILES string of the molecule is Cc1ccccc1-c1cc2c(c(OCC3CCOC3)c1)OCCN(C(=O)C1(c3ccc(Cl)cc3)CC1)C2. The number of fused-ring (bicyclic) bond motifs is 1. The molecular formula is C31H32ClNO4. The zero-order valence-corrected chi connectivity index (χ0v) is 21.9. The molecule has 0 aromatic heterocycles. The highest BCUT2D eigenvalue weighted by Gasteiger charge is 2.53. The van der Waals surface area contributed by atoms with Crippen molar-refractivity contribution < 1.29 is 19.0 Å². The van der Waals surface area contributed by atoms with Crippen LogP contribution >= 0.6 is 11.6 Å². The van der Waals surface area contributed by atoms with Crippen LogP contribution in [0.1, 0.15) is 36.0 Å². The monoisotopic (exact) mass is 517 g/mol. The van der Waals surface area contributed by atoms with Gasteiger partial charge in [-0.2, -0.15) is 0 Å². The number of carbonyl (C=O) groups excluding carboxylic acids is 1. The standard InChI is InChI=1S/C31H32ClNO4/c1-21-4-2-3-5-27(21)23-16-24-18-33(30(34)31(11-12-31)25-6-8-26(32)9-7-25)13-15-36-29(24)28(17-23)37-20-22-10-14-35-19-22/h2-9,16-17,22H,10-15,18-20H2,1H3. The lowest BCUT2D eigenvalue weighted by atomic mass is 9.93. The van der Waals surface area contributed by atoms with E-state index in [9.17, 15) is 4.79 Å². The molecule has 0 bridgehead atoms. The van der Waals surface area contributed by atoms with Gasteiger partial charge in [0.25, 0.3) is 0 Å². The van der Waals surface area contributed by atoms with Gasteiger partial charge in [0.05, 0.1) is 25.2 Å². The van der Waals surface area contributed by atoms with E-state index >= 15 is 0 Å². The third kappa shape index (κ3) is 4.83. The molecule has 5 nitrogen and oxygen atoms in total. The van der Waals surface area contributed by atoms with Crippen LogP contribution in [0, 0.1) is 12.8 Å². The van der Waals surface area contributed by atoms with Crippen LogP contribution in [0.4, 0.5) is 0 Å². The van der Waals surface area contributed by atoms with E-state index in [1.165, 1.54) is 5.56 Å². The molecule has 2 fully saturated rings. The van der Waals surface area contributed by atoms with E-state index in [0.29, 0.717) is 37.2 Å². The summed E-state index contributed by atoms with van der Waals surface area (Å²) in [6.07, 6.45) is 2.73. The van der Waals surface area contributed by atoms with Gasteiger partial charge in [0.15, 0.2) is 11.5 Å². The Morgan fingerprint density at radius 3 is 2.65 bits per heavy atom. The highest BCUT2D eigenvalue weighted by Crippen LogP contribution is 2.50. The van der Waals surface area contributed by atoms with Crippen molar-refractivity contribution in [2.24, 2.45) is 5.92 Å². The first kappa shape index (κ1) is 24.3. The van der Waals surface area contributed by atoms with Crippen molar-refractivity contribution in [2.75, 3.05) is 33.0 Å². The molecule has 37 heavy (non-hydrogen) atoms. The maximum absolute atomic E-state index is 13.9. The number of carbonyl (C=O) groups is 1. The molecule has 6 heteroatoms. The molecule has 0 spiro atoms. The average molecular weight is 518 g/mol. The lowest BCUT2D eigenvalue weighted by Gasteiger charge is -2.26. The van der Waals surface area contributed by atoms with Gasteiger partial charge in [0.1, 0.15) is 6.61 Å². The molecule has 0 N–H and O–H groups in total. The molecule has 1 unspecified atom stereocenters. The van der Waals surface area contributed by atoms with Crippen molar-refractivity contribution in [3.8, 4) is 22.6 Å². The fraction of sp³-hybridized carbons (Fsp3) is 0.387. The largest absolute Gasteiger partial charge is 0.489 e. The van der Waals surface area contributed by atoms with Crippen molar-refractivity contribution in [1.82, 2.24) is 4.90 Å². The van der Waals surface area contributed by atoms with E-state index in [1.54, 1.807) is 0 Å². The Morgan fingerprint density at radius 1 is 1.11 bits per heavy atom. The van der Waals surface area contributed by atoms with Gasteiger partial charge in [-0.1, -0.05) is 48.0 Å². The maximum Gasteiger partial charge on any atom is 0.233 e. The van der Waals surface area contributed by atoms with Crippen LogP contribution in [-0.4, -0.2) is 43.8 Å². The predicted molar refractivity (Wildman–Crippen MR) is 144 cm³/mol. The molecule has 1 amide bonds. The minimum absolute atomic E-state index is 0.165. The van der Waals surface area contributed by atoms with Gasteiger partial charge in [0, 0.05) is 29.7 Å². The maximum atomic E-state index is 13.9. The van der Waals surface area contributed by atoms with E-state index in [-0.39, 0.29) is 5.91 Å². The molecule has 3 aliphatic rings. The highest BCUT2D eigenvalue weighted by molar-refractivity contribution is 6.30. The second-order valence-corrected chi connectivity index (χ2v) is 10.9. The summed E-state index contributed by atoms with van der Waals surface area (Å²) < 4.78 is 18.2. The van der Waals surface area contributed by atoms with E-state index in [0.717, 1.165) is 66.2 Å². The normalized spacial score (nSPS) is 20.1. The summed E-state index contributed by atoms with van der Waals surface area (Å²) in [6.45, 7) is 5.70. The summed E-state index contributed by atoms with van der Waals surface area (Å²) in [5, 5.41) is 0.685. The van der Waals surface area contributed by atoms with E-state index in [4.69, 9.17) is 25.8 Å². The Kier molecular flexibility index (Phi) is 6.60. The third-order valence-electron chi connectivity index (χ3n) is 7.90. The lowest BCUT2D eigenvalue weighted by molar-refractivity contribution is -0.134. The number of aryl methyl sites for hydroxylation is 1. The van der Waals surface area contributed by atoms with Crippen LogP contribution in [-0.2, 0) is 21.5 Å². The minimum Gasteiger partial charge on any atom is -0.489 e. The Hall–Kier alpha value is -3.02. The summed E-state index contributed by atoms with van der Waals surface area (Å²) in [7, 11) is 0. The van der Waals surface area contributed by atoms with E-state index in [1.807, 2.05) is 29.2 Å². The number of nitrogens with zero attached hydrogens (tertiary/aromatic N) is 1. The first-order chi connectivity index (χ1) is 18.0. The van der Waals surface area contributed by atoms with Gasteiger partial charge >= 0.3 is 0 Å². The van der Waals surface area contributed by atoms with Crippen LogP contribution in [0.2, 0.25) is 5.02 Å². The topological polar surface area (TPSA) is 48.0 Å². The zero-order valence-electron chi connectivity index (χ0n) is 21.2. The fourth-order valence-electron chi connectivity index (χ4n) is 5.56. The first-order valence-corrected chi connectivity index (χ1v) is 13.5. The summed E-state index contributed by atoms with van der Waals surface area (Å²) in [6, 6.07) is 20.3. The van der Waals surface area contributed by atoms with Crippen LogP contribution in [0.25, 0.3) is 11.1 Å². The van der Waals surface area contributed by atoms with Crippen LogP contribution in [0.5, 0.6) is 11.5 Å². The zero-order chi connectivity index (χ0) is 25.4. The molecule has 3 aromatic carbocycles. The Labute approximate surface area is 223 Å². The summed E-state index contributed by atoms with van der Waals surface area (Å²) in [5.41, 5.74) is 5.00. The van der Waals surface area contributed by atoms with Gasteiger partial charge in [-0.25, -0.2) is 0 Å². The minimum atomic E-state index is -0.454. The number of rotatable bonds is 6. The molecule has 1 saturated carbocycles. The molecule has 6 rings (SSSR count). The molecule has 192 valence electrons. The van der Waals surface area contributed by atoms with Gasteiger partial charge in [-0.3, -0.25) is 4.79 Å². The quantitative estimate of drug-likeness (QED) is 0.391. The molecule has 3 aromatic rings. The highest BCUT2D eigenvalue weighted by atomic mass is 35.5. The van der Waals surface area contributed by atoms with Crippen molar-refractivity contribution in [3.05, 3.63) is 82.4 Å². The van der Waals surface area contributed by atoms with Crippen molar-refractivity contribution in [1.29, 1.82) is 0 Å². The molecule has 1 aliphatic carbocycles. The van der Waals surface area contributed by atoms with Gasteiger partial charge in [-0.15, -0.1) is 0 Å². The summed E-state index contributed by atoms with van der Waals surface area (Å²) in [4.78, 5) is 15.9.